The van der Waals surface area contributed by atoms with Crippen LogP contribution in [0, 0.1) is 0 Å². The molecule has 0 unspecified atom stereocenters. The number of piperidine rings is 1. The fourth-order valence-electron chi connectivity index (χ4n) is 4.93. The summed E-state index contributed by atoms with van der Waals surface area (Å²) in [7, 11) is -3.16. The van der Waals surface area contributed by atoms with E-state index in [1.807, 2.05) is 42.5 Å². The van der Waals surface area contributed by atoms with E-state index in [1.165, 1.54) is 6.26 Å². The van der Waals surface area contributed by atoms with Crippen LogP contribution in [0.5, 0.6) is 11.5 Å². The van der Waals surface area contributed by atoms with Crippen molar-refractivity contribution in [1.29, 1.82) is 0 Å². The number of carbonyl (C=O) groups excluding carboxylic acids is 1. The smallest absolute Gasteiger partial charge is 0.415 e. The Hall–Kier alpha value is -3.03. The molecule has 0 aromatic heterocycles. The molecule has 0 radical (unpaired) electrons. The number of halogens is 1. The van der Waals surface area contributed by atoms with Gasteiger partial charge >= 0.3 is 6.09 Å². The Morgan fingerprint density at radius 3 is 2.39 bits per heavy atom. The Morgan fingerprint density at radius 1 is 1.00 bits per heavy atom. The molecular formula is C28H28ClNO5S. The Morgan fingerprint density at radius 2 is 1.69 bits per heavy atom. The van der Waals surface area contributed by atoms with Crippen molar-refractivity contribution in [1.82, 2.24) is 4.90 Å². The van der Waals surface area contributed by atoms with Gasteiger partial charge in [-0.3, -0.25) is 0 Å². The number of sulfone groups is 1. The van der Waals surface area contributed by atoms with E-state index >= 15 is 0 Å². The lowest BCUT2D eigenvalue weighted by molar-refractivity contribution is -0.00948. The summed E-state index contributed by atoms with van der Waals surface area (Å²) in [5.74, 6) is 1.35. The third-order valence-electron chi connectivity index (χ3n) is 6.92. The van der Waals surface area contributed by atoms with Gasteiger partial charge in [0.1, 0.15) is 17.1 Å². The monoisotopic (exact) mass is 525 g/mol. The predicted molar refractivity (Wildman–Crippen MR) is 140 cm³/mol. The first-order valence-corrected chi connectivity index (χ1v) is 14.4. The lowest BCUT2D eigenvalue weighted by Crippen LogP contribution is -2.51. The van der Waals surface area contributed by atoms with Gasteiger partial charge in [-0.05, 0) is 65.4 Å². The maximum absolute atomic E-state index is 12.5. The van der Waals surface area contributed by atoms with Crippen LogP contribution in [0.2, 0.25) is 5.02 Å². The second kappa shape index (κ2) is 9.79. The number of amides is 1. The molecule has 1 amide bonds. The number of hydrogen-bond acceptors (Lipinski definition) is 5. The van der Waals surface area contributed by atoms with Crippen LogP contribution in [-0.4, -0.2) is 44.4 Å². The molecule has 1 spiro atoms. The SMILES string of the molecule is CS(=O)(=O)Cc1ccc(-c2ccc3c(c2)CCC2(CCN(C(=O)Oc4ccccc4)CC2)O3)cc1Cl. The first-order chi connectivity index (χ1) is 17.2. The standard InChI is InChI=1S/C28H28ClNO5S/c1-36(32,33)19-23-8-7-21(18-25(23)29)20-9-10-26-22(17-20)11-12-28(35-26)13-15-30(16-14-28)27(31)34-24-5-3-2-4-6-24/h2-10,17-18H,11-16,19H2,1H3. The molecule has 3 aromatic carbocycles. The van der Waals surface area contributed by atoms with Gasteiger partial charge in [-0.15, -0.1) is 0 Å². The van der Waals surface area contributed by atoms with E-state index in [2.05, 4.69) is 6.07 Å². The molecular weight excluding hydrogens is 498 g/mol. The van der Waals surface area contributed by atoms with E-state index in [9.17, 15) is 13.2 Å². The van der Waals surface area contributed by atoms with E-state index in [-0.39, 0.29) is 17.4 Å². The summed E-state index contributed by atoms with van der Waals surface area (Å²) in [6, 6.07) is 20.7. The summed E-state index contributed by atoms with van der Waals surface area (Å²) >= 11 is 6.38. The van der Waals surface area contributed by atoms with Crippen molar-refractivity contribution in [3.8, 4) is 22.6 Å². The number of likely N-dealkylation sites (tertiary alicyclic amines) is 1. The Bertz CT molecular complexity index is 1380. The van der Waals surface area contributed by atoms with Crippen LogP contribution < -0.4 is 9.47 Å². The van der Waals surface area contributed by atoms with Gasteiger partial charge in [0.15, 0.2) is 9.84 Å². The van der Waals surface area contributed by atoms with Crippen LogP contribution in [0.25, 0.3) is 11.1 Å². The summed E-state index contributed by atoms with van der Waals surface area (Å²) in [6.45, 7) is 1.19. The van der Waals surface area contributed by atoms with Gasteiger partial charge in [-0.2, -0.15) is 0 Å². The molecule has 2 aliphatic heterocycles. The number of rotatable bonds is 4. The molecule has 0 atom stereocenters. The molecule has 6 nitrogen and oxygen atoms in total. The molecule has 36 heavy (non-hydrogen) atoms. The Balaban J connectivity index is 1.24. The number of para-hydroxylation sites is 1. The summed E-state index contributed by atoms with van der Waals surface area (Å²) in [5, 5.41) is 0.448. The lowest BCUT2D eigenvalue weighted by Gasteiger charge is -2.44. The molecule has 3 aromatic rings. The number of fused-ring (bicyclic) bond motifs is 1. The fraction of sp³-hybridized carbons (Fsp3) is 0.321. The molecule has 2 aliphatic rings. The summed E-state index contributed by atoms with van der Waals surface area (Å²) in [4.78, 5) is 14.3. The quantitative estimate of drug-likeness (QED) is 0.423. The van der Waals surface area contributed by atoms with Crippen molar-refractivity contribution in [3.63, 3.8) is 0 Å². The van der Waals surface area contributed by atoms with E-state index in [1.54, 1.807) is 23.1 Å². The molecule has 8 heteroatoms. The second-order valence-electron chi connectivity index (χ2n) is 9.65. The Kier molecular flexibility index (Phi) is 6.70. The number of aryl methyl sites for hydroxylation is 1. The van der Waals surface area contributed by atoms with Crippen LogP contribution in [-0.2, 0) is 22.0 Å². The fourth-order valence-corrected chi connectivity index (χ4v) is 6.07. The first kappa shape index (κ1) is 24.7. The van der Waals surface area contributed by atoms with Gasteiger partial charge in [0.05, 0.1) is 5.75 Å². The molecule has 5 rings (SSSR count). The molecule has 1 saturated heterocycles. The predicted octanol–water partition coefficient (Wildman–Crippen LogP) is 5.91. The maximum Gasteiger partial charge on any atom is 0.415 e. The van der Waals surface area contributed by atoms with Crippen molar-refractivity contribution in [2.24, 2.45) is 0 Å². The molecule has 0 saturated carbocycles. The van der Waals surface area contributed by atoms with Crippen molar-refractivity contribution >= 4 is 27.5 Å². The van der Waals surface area contributed by atoms with Crippen LogP contribution in [0.4, 0.5) is 4.79 Å². The summed E-state index contributed by atoms with van der Waals surface area (Å²) in [5.41, 5.74) is 3.42. The van der Waals surface area contributed by atoms with Gasteiger partial charge < -0.3 is 14.4 Å². The molecule has 0 bridgehead atoms. The van der Waals surface area contributed by atoms with Crippen LogP contribution in [0.15, 0.2) is 66.7 Å². The minimum atomic E-state index is -3.16. The highest BCUT2D eigenvalue weighted by molar-refractivity contribution is 7.89. The van der Waals surface area contributed by atoms with Crippen LogP contribution >= 0.6 is 11.6 Å². The van der Waals surface area contributed by atoms with Gasteiger partial charge in [0, 0.05) is 37.2 Å². The van der Waals surface area contributed by atoms with E-state index < -0.39 is 9.84 Å². The maximum atomic E-state index is 12.5. The highest BCUT2D eigenvalue weighted by Crippen LogP contribution is 2.41. The minimum Gasteiger partial charge on any atom is -0.487 e. The van der Waals surface area contributed by atoms with E-state index in [0.717, 1.165) is 48.1 Å². The highest BCUT2D eigenvalue weighted by Gasteiger charge is 2.41. The van der Waals surface area contributed by atoms with Gasteiger partial charge in [0.2, 0.25) is 0 Å². The van der Waals surface area contributed by atoms with Crippen molar-refractivity contribution < 1.29 is 22.7 Å². The molecule has 188 valence electrons. The number of hydrogen-bond donors (Lipinski definition) is 0. The van der Waals surface area contributed by atoms with E-state index in [4.69, 9.17) is 21.1 Å². The van der Waals surface area contributed by atoms with Gasteiger partial charge in [-0.25, -0.2) is 13.2 Å². The average molecular weight is 526 g/mol. The molecule has 2 heterocycles. The third-order valence-corrected chi connectivity index (χ3v) is 8.11. The number of carbonyl (C=O) groups is 1. The van der Waals surface area contributed by atoms with Gasteiger partial charge in [0.25, 0.3) is 0 Å². The second-order valence-corrected chi connectivity index (χ2v) is 12.2. The first-order valence-electron chi connectivity index (χ1n) is 12.0. The van der Waals surface area contributed by atoms with Crippen LogP contribution in [0.1, 0.15) is 30.4 Å². The van der Waals surface area contributed by atoms with Crippen molar-refractivity contribution in [2.45, 2.75) is 37.0 Å². The summed E-state index contributed by atoms with van der Waals surface area (Å²) in [6.07, 6.45) is 4.17. The number of benzene rings is 3. The van der Waals surface area contributed by atoms with Crippen molar-refractivity contribution in [2.75, 3.05) is 19.3 Å². The minimum absolute atomic E-state index is 0.0758. The van der Waals surface area contributed by atoms with Gasteiger partial charge in [-0.1, -0.05) is 48.0 Å². The normalized spacial score (nSPS) is 16.8. The molecule has 1 fully saturated rings. The Labute approximate surface area is 216 Å². The number of ether oxygens (including phenoxy) is 2. The zero-order valence-corrected chi connectivity index (χ0v) is 21.6. The van der Waals surface area contributed by atoms with E-state index in [0.29, 0.717) is 29.4 Å². The highest BCUT2D eigenvalue weighted by atomic mass is 35.5. The summed E-state index contributed by atoms with van der Waals surface area (Å²) < 4.78 is 35.3. The molecule has 0 N–H and O–H groups in total. The lowest BCUT2D eigenvalue weighted by atomic mass is 9.82. The van der Waals surface area contributed by atoms with Crippen molar-refractivity contribution in [3.05, 3.63) is 82.9 Å². The average Bonchev–Trinajstić information content (AvgIpc) is 2.85. The largest absolute Gasteiger partial charge is 0.487 e. The third kappa shape index (κ3) is 5.52. The topological polar surface area (TPSA) is 72.9 Å². The molecule has 0 aliphatic carbocycles. The zero-order valence-electron chi connectivity index (χ0n) is 20.1. The van der Waals surface area contributed by atoms with Crippen LogP contribution in [0.3, 0.4) is 0 Å². The number of nitrogens with zero attached hydrogens (tertiary/aromatic N) is 1. The zero-order chi connectivity index (χ0) is 25.3.